The number of piperidine rings is 1. The Balaban J connectivity index is 1.78. The van der Waals surface area contributed by atoms with Crippen LogP contribution in [0.25, 0.3) is 0 Å². The van der Waals surface area contributed by atoms with Gasteiger partial charge in [0.1, 0.15) is 0 Å². The largest absolute Gasteiger partial charge is 0.324 e. The predicted molar refractivity (Wildman–Crippen MR) is 55.6 cm³/mol. The molecule has 2 aliphatic rings. The van der Waals surface area contributed by atoms with E-state index in [1.807, 2.05) is 0 Å². The minimum Gasteiger partial charge on any atom is -0.324 e. The maximum Gasteiger partial charge on any atom is 0.0284 e. The van der Waals surface area contributed by atoms with Gasteiger partial charge in [-0.05, 0) is 38.1 Å². The predicted octanol–water partition coefficient (Wildman–Crippen LogP) is 1.60. The highest BCUT2D eigenvalue weighted by molar-refractivity contribution is 5.01. The Kier molecular flexibility index (Phi) is 2.61. The van der Waals surface area contributed by atoms with Crippen molar-refractivity contribution in [2.45, 2.75) is 44.6 Å². The van der Waals surface area contributed by atoms with Crippen LogP contribution in [0.15, 0.2) is 0 Å². The summed E-state index contributed by atoms with van der Waals surface area (Å²) in [6.07, 6.45) is 6.66. The molecule has 2 N–H and O–H groups in total. The van der Waals surface area contributed by atoms with E-state index < -0.39 is 0 Å². The lowest BCUT2D eigenvalue weighted by Gasteiger charge is -2.33. The fourth-order valence-corrected chi connectivity index (χ4v) is 2.39. The van der Waals surface area contributed by atoms with Gasteiger partial charge in [-0.3, -0.25) is 0 Å². The third-order valence-electron chi connectivity index (χ3n) is 3.61. The highest BCUT2D eigenvalue weighted by atomic mass is 15.2. The number of nitrogens with two attached hydrogens (primary N) is 1. The summed E-state index contributed by atoms with van der Waals surface area (Å²) in [6, 6.07) is 0. The van der Waals surface area contributed by atoms with Crippen LogP contribution in [0.3, 0.4) is 0 Å². The molecule has 2 nitrogen and oxygen atoms in total. The zero-order valence-corrected chi connectivity index (χ0v) is 8.76. The van der Waals surface area contributed by atoms with Gasteiger partial charge in [0.05, 0.1) is 0 Å². The molecular formula is C11H22N2. The monoisotopic (exact) mass is 182 g/mol. The van der Waals surface area contributed by atoms with E-state index in [1.165, 1.54) is 45.2 Å². The van der Waals surface area contributed by atoms with E-state index in [1.54, 1.807) is 0 Å². The van der Waals surface area contributed by atoms with Gasteiger partial charge in [0.25, 0.3) is 0 Å². The molecule has 0 spiro atoms. The zero-order valence-electron chi connectivity index (χ0n) is 8.76. The van der Waals surface area contributed by atoms with E-state index in [-0.39, 0.29) is 5.54 Å². The molecule has 1 aliphatic carbocycles. The molecule has 2 fully saturated rings. The van der Waals surface area contributed by atoms with Crippen molar-refractivity contribution >= 4 is 0 Å². The molecule has 0 amide bonds. The van der Waals surface area contributed by atoms with Gasteiger partial charge in [-0.1, -0.05) is 13.3 Å². The van der Waals surface area contributed by atoms with Crippen molar-refractivity contribution in [3.05, 3.63) is 0 Å². The second-order valence-corrected chi connectivity index (χ2v) is 5.01. The van der Waals surface area contributed by atoms with Crippen molar-refractivity contribution < 1.29 is 0 Å². The number of likely N-dealkylation sites (tertiary alicyclic amines) is 1. The van der Waals surface area contributed by atoms with E-state index in [4.69, 9.17) is 5.73 Å². The summed E-state index contributed by atoms with van der Waals surface area (Å²) >= 11 is 0. The normalized spacial score (nSPS) is 33.2. The van der Waals surface area contributed by atoms with Gasteiger partial charge < -0.3 is 10.6 Å². The minimum absolute atomic E-state index is 0.218. The molecule has 0 aromatic carbocycles. The summed E-state index contributed by atoms with van der Waals surface area (Å²) in [4.78, 5) is 2.59. The first-order valence-electron chi connectivity index (χ1n) is 5.73. The quantitative estimate of drug-likeness (QED) is 0.718. The van der Waals surface area contributed by atoms with Crippen molar-refractivity contribution in [1.29, 1.82) is 0 Å². The molecule has 1 saturated heterocycles. The van der Waals surface area contributed by atoms with Crippen molar-refractivity contribution in [2.24, 2.45) is 11.7 Å². The van der Waals surface area contributed by atoms with Crippen molar-refractivity contribution in [3.8, 4) is 0 Å². The van der Waals surface area contributed by atoms with Gasteiger partial charge in [-0.15, -0.1) is 0 Å². The number of hydrogen-bond donors (Lipinski definition) is 1. The Morgan fingerprint density at radius 3 is 2.85 bits per heavy atom. The summed E-state index contributed by atoms with van der Waals surface area (Å²) in [6.45, 7) is 6.05. The van der Waals surface area contributed by atoms with E-state index in [2.05, 4.69) is 11.8 Å². The molecule has 1 saturated carbocycles. The Morgan fingerprint density at radius 1 is 1.46 bits per heavy atom. The highest BCUT2D eigenvalue weighted by Crippen LogP contribution is 2.34. The van der Waals surface area contributed by atoms with Gasteiger partial charge in [0, 0.05) is 18.6 Å². The second kappa shape index (κ2) is 3.58. The van der Waals surface area contributed by atoms with E-state index in [0.29, 0.717) is 0 Å². The maximum atomic E-state index is 6.12. The SMILES string of the molecule is CCC1CCCN(CC2(N)CC2)C1. The van der Waals surface area contributed by atoms with Crippen LogP contribution >= 0.6 is 0 Å². The summed E-state index contributed by atoms with van der Waals surface area (Å²) < 4.78 is 0. The van der Waals surface area contributed by atoms with Crippen LogP contribution in [0.4, 0.5) is 0 Å². The highest BCUT2D eigenvalue weighted by Gasteiger charge is 2.40. The van der Waals surface area contributed by atoms with Crippen molar-refractivity contribution in [1.82, 2.24) is 4.90 Å². The molecule has 0 aromatic heterocycles. The van der Waals surface area contributed by atoms with E-state index in [0.717, 1.165) is 12.5 Å². The molecule has 0 aromatic rings. The zero-order chi connectivity index (χ0) is 9.31. The lowest BCUT2D eigenvalue weighted by molar-refractivity contribution is 0.159. The van der Waals surface area contributed by atoms with Crippen LogP contribution in [-0.4, -0.2) is 30.1 Å². The second-order valence-electron chi connectivity index (χ2n) is 5.01. The molecule has 2 rings (SSSR count). The molecule has 1 heterocycles. The van der Waals surface area contributed by atoms with Gasteiger partial charge in [0.15, 0.2) is 0 Å². The molecule has 1 unspecified atom stereocenters. The summed E-state index contributed by atoms with van der Waals surface area (Å²) in [5, 5.41) is 0. The summed E-state index contributed by atoms with van der Waals surface area (Å²) in [5.41, 5.74) is 6.34. The third kappa shape index (κ3) is 2.44. The first-order chi connectivity index (χ1) is 6.22. The van der Waals surface area contributed by atoms with Crippen molar-refractivity contribution in [3.63, 3.8) is 0 Å². The van der Waals surface area contributed by atoms with Gasteiger partial charge >= 0.3 is 0 Å². The molecule has 76 valence electrons. The Labute approximate surface area is 81.5 Å². The number of hydrogen-bond acceptors (Lipinski definition) is 2. The van der Waals surface area contributed by atoms with Gasteiger partial charge in [-0.2, -0.15) is 0 Å². The lowest BCUT2D eigenvalue weighted by atomic mass is 9.95. The fraction of sp³-hybridized carbons (Fsp3) is 1.00. The maximum absolute atomic E-state index is 6.12. The molecule has 13 heavy (non-hydrogen) atoms. The molecule has 1 aliphatic heterocycles. The summed E-state index contributed by atoms with van der Waals surface area (Å²) in [7, 11) is 0. The van der Waals surface area contributed by atoms with E-state index in [9.17, 15) is 0 Å². The average molecular weight is 182 g/mol. The minimum atomic E-state index is 0.218. The lowest BCUT2D eigenvalue weighted by Crippen LogP contribution is -2.44. The van der Waals surface area contributed by atoms with Crippen LogP contribution in [0.1, 0.15) is 39.0 Å². The third-order valence-corrected chi connectivity index (χ3v) is 3.61. The molecule has 1 atom stereocenters. The topological polar surface area (TPSA) is 29.3 Å². The van der Waals surface area contributed by atoms with Crippen LogP contribution in [0.2, 0.25) is 0 Å². The van der Waals surface area contributed by atoms with Gasteiger partial charge in [-0.25, -0.2) is 0 Å². The van der Waals surface area contributed by atoms with Gasteiger partial charge in [0.2, 0.25) is 0 Å². The molecule has 0 radical (unpaired) electrons. The standard InChI is InChI=1S/C11H22N2/c1-2-10-4-3-7-13(8-10)9-11(12)5-6-11/h10H,2-9,12H2,1H3. The fourth-order valence-electron chi connectivity index (χ4n) is 2.39. The van der Waals surface area contributed by atoms with Crippen LogP contribution in [-0.2, 0) is 0 Å². The van der Waals surface area contributed by atoms with Crippen LogP contribution in [0.5, 0.6) is 0 Å². The Hall–Kier alpha value is -0.0800. The smallest absolute Gasteiger partial charge is 0.0284 e. The molecule has 0 bridgehead atoms. The number of nitrogens with zero attached hydrogens (tertiary/aromatic N) is 1. The Morgan fingerprint density at radius 2 is 2.23 bits per heavy atom. The number of rotatable bonds is 3. The Bertz CT molecular complexity index is 175. The average Bonchev–Trinajstić information content (AvgIpc) is 2.84. The van der Waals surface area contributed by atoms with Crippen molar-refractivity contribution in [2.75, 3.05) is 19.6 Å². The first-order valence-corrected chi connectivity index (χ1v) is 5.73. The molecule has 2 heteroatoms. The molecular weight excluding hydrogens is 160 g/mol. The summed E-state index contributed by atoms with van der Waals surface area (Å²) in [5.74, 6) is 0.941. The van der Waals surface area contributed by atoms with Crippen LogP contribution in [0, 0.1) is 5.92 Å². The van der Waals surface area contributed by atoms with Crippen LogP contribution < -0.4 is 5.73 Å². The van der Waals surface area contributed by atoms with E-state index >= 15 is 0 Å². The first kappa shape index (κ1) is 9.47.